The van der Waals surface area contributed by atoms with Crippen LogP contribution in [0, 0.1) is 12.8 Å². The zero-order valence-corrected chi connectivity index (χ0v) is 11.3. The smallest absolute Gasteiger partial charge is 0.337 e. The fourth-order valence-electron chi connectivity index (χ4n) is 2.86. The van der Waals surface area contributed by atoms with Crippen LogP contribution in [0.5, 0.6) is 0 Å². The Kier molecular flexibility index (Phi) is 3.60. The van der Waals surface area contributed by atoms with E-state index in [1.54, 1.807) is 6.07 Å². The van der Waals surface area contributed by atoms with Gasteiger partial charge in [-0.15, -0.1) is 0 Å². The fourth-order valence-corrected chi connectivity index (χ4v) is 2.86. The minimum absolute atomic E-state index is 0.433. The van der Waals surface area contributed by atoms with Gasteiger partial charge in [-0.05, 0) is 37.8 Å². The van der Waals surface area contributed by atoms with E-state index in [4.69, 9.17) is 0 Å². The third-order valence-corrected chi connectivity index (χ3v) is 3.76. The molecule has 1 unspecified atom stereocenters. The van der Waals surface area contributed by atoms with E-state index in [0.717, 1.165) is 30.6 Å². The lowest BCUT2D eigenvalue weighted by Gasteiger charge is -2.30. The SMILES string of the molecule is Cc1ccc(N2CCCC2C(C)C)c(C(=O)O)c1. The van der Waals surface area contributed by atoms with E-state index < -0.39 is 5.97 Å². The summed E-state index contributed by atoms with van der Waals surface area (Å²) in [6.45, 7) is 7.31. The largest absolute Gasteiger partial charge is 0.478 e. The standard InChI is InChI=1S/C15H21NO2/c1-10(2)13-5-4-8-16(13)14-7-6-11(3)9-12(14)15(17)18/h6-7,9-10,13H,4-5,8H2,1-3H3,(H,17,18). The van der Waals surface area contributed by atoms with Crippen molar-refractivity contribution in [2.24, 2.45) is 5.92 Å². The molecule has 0 spiro atoms. The summed E-state index contributed by atoms with van der Waals surface area (Å²) in [6.07, 6.45) is 2.31. The molecule has 1 atom stereocenters. The highest BCUT2D eigenvalue weighted by molar-refractivity contribution is 5.94. The van der Waals surface area contributed by atoms with E-state index in [-0.39, 0.29) is 0 Å². The molecular weight excluding hydrogens is 226 g/mol. The van der Waals surface area contributed by atoms with Crippen molar-refractivity contribution < 1.29 is 9.90 Å². The summed E-state index contributed by atoms with van der Waals surface area (Å²) < 4.78 is 0. The van der Waals surface area contributed by atoms with Gasteiger partial charge in [0.2, 0.25) is 0 Å². The maximum atomic E-state index is 11.4. The number of benzene rings is 1. The third-order valence-electron chi connectivity index (χ3n) is 3.76. The van der Waals surface area contributed by atoms with Gasteiger partial charge in [0, 0.05) is 12.6 Å². The Morgan fingerprint density at radius 1 is 1.44 bits per heavy atom. The molecular formula is C15H21NO2. The molecule has 1 heterocycles. The molecule has 3 heteroatoms. The van der Waals surface area contributed by atoms with Crippen LogP contribution >= 0.6 is 0 Å². The van der Waals surface area contributed by atoms with Crippen LogP contribution in [0.25, 0.3) is 0 Å². The van der Waals surface area contributed by atoms with Crippen molar-refractivity contribution in [1.29, 1.82) is 0 Å². The number of rotatable bonds is 3. The Bertz CT molecular complexity index is 454. The molecule has 1 aromatic rings. The fraction of sp³-hybridized carbons (Fsp3) is 0.533. The lowest BCUT2D eigenvalue weighted by Crippen LogP contribution is -2.34. The molecule has 1 fully saturated rings. The Balaban J connectivity index is 2.41. The van der Waals surface area contributed by atoms with Crippen molar-refractivity contribution in [3.63, 3.8) is 0 Å². The number of anilines is 1. The van der Waals surface area contributed by atoms with Crippen LogP contribution in [0.4, 0.5) is 5.69 Å². The number of nitrogens with zero attached hydrogens (tertiary/aromatic N) is 1. The first kappa shape index (κ1) is 12.9. The van der Waals surface area contributed by atoms with Crippen molar-refractivity contribution in [2.45, 2.75) is 39.7 Å². The first-order chi connectivity index (χ1) is 8.50. The molecule has 1 N–H and O–H groups in total. The van der Waals surface area contributed by atoms with Gasteiger partial charge < -0.3 is 10.0 Å². The van der Waals surface area contributed by atoms with Gasteiger partial charge in [0.05, 0.1) is 11.3 Å². The number of carboxylic acids is 1. The van der Waals surface area contributed by atoms with Crippen molar-refractivity contribution in [2.75, 3.05) is 11.4 Å². The Morgan fingerprint density at radius 3 is 2.78 bits per heavy atom. The number of carbonyl (C=O) groups is 1. The second-order valence-electron chi connectivity index (χ2n) is 5.47. The summed E-state index contributed by atoms with van der Waals surface area (Å²) >= 11 is 0. The van der Waals surface area contributed by atoms with Crippen LogP contribution in [-0.4, -0.2) is 23.7 Å². The molecule has 0 aromatic heterocycles. The van der Waals surface area contributed by atoms with E-state index in [0.29, 0.717) is 17.5 Å². The highest BCUT2D eigenvalue weighted by atomic mass is 16.4. The first-order valence-corrected chi connectivity index (χ1v) is 6.61. The molecule has 1 saturated heterocycles. The summed E-state index contributed by atoms with van der Waals surface area (Å²) in [4.78, 5) is 13.7. The van der Waals surface area contributed by atoms with Gasteiger partial charge in [0.1, 0.15) is 0 Å². The lowest BCUT2D eigenvalue weighted by atomic mass is 10.0. The second-order valence-corrected chi connectivity index (χ2v) is 5.47. The lowest BCUT2D eigenvalue weighted by molar-refractivity contribution is 0.0697. The highest BCUT2D eigenvalue weighted by Crippen LogP contribution is 2.32. The van der Waals surface area contributed by atoms with Crippen LogP contribution in [0.1, 0.15) is 42.6 Å². The van der Waals surface area contributed by atoms with Crippen molar-refractivity contribution in [1.82, 2.24) is 0 Å². The normalized spacial score (nSPS) is 19.6. The van der Waals surface area contributed by atoms with Gasteiger partial charge in [-0.2, -0.15) is 0 Å². The number of carboxylic acid groups (broad SMARTS) is 1. The topological polar surface area (TPSA) is 40.5 Å². The molecule has 0 aliphatic carbocycles. The molecule has 1 aliphatic rings. The maximum Gasteiger partial charge on any atom is 0.337 e. The minimum Gasteiger partial charge on any atom is -0.478 e. The van der Waals surface area contributed by atoms with Crippen molar-refractivity contribution >= 4 is 11.7 Å². The zero-order valence-electron chi connectivity index (χ0n) is 11.3. The van der Waals surface area contributed by atoms with Crippen molar-refractivity contribution in [3.05, 3.63) is 29.3 Å². The summed E-state index contributed by atoms with van der Waals surface area (Å²) in [7, 11) is 0. The van der Waals surface area contributed by atoms with E-state index in [9.17, 15) is 9.90 Å². The summed E-state index contributed by atoms with van der Waals surface area (Å²) in [5.74, 6) is -0.279. The van der Waals surface area contributed by atoms with Crippen LogP contribution in [-0.2, 0) is 0 Å². The summed E-state index contributed by atoms with van der Waals surface area (Å²) in [6, 6.07) is 6.19. The molecule has 98 valence electrons. The average Bonchev–Trinajstić information content (AvgIpc) is 2.77. The first-order valence-electron chi connectivity index (χ1n) is 6.61. The Morgan fingerprint density at radius 2 is 2.17 bits per heavy atom. The minimum atomic E-state index is -0.830. The molecule has 3 nitrogen and oxygen atoms in total. The van der Waals surface area contributed by atoms with Crippen LogP contribution in [0.2, 0.25) is 0 Å². The molecule has 18 heavy (non-hydrogen) atoms. The van der Waals surface area contributed by atoms with Crippen LogP contribution < -0.4 is 4.90 Å². The van der Waals surface area contributed by atoms with Gasteiger partial charge >= 0.3 is 5.97 Å². The van der Waals surface area contributed by atoms with Gasteiger partial charge in [0.15, 0.2) is 0 Å². The molecule has 1 aliphatic heterocycles. The summed E-state index contributed by atoms with van der Waals surface area (Å²) in [5.41, 5.74) is 2.31. The van der Waals surface area contributed by atoms with Gasteiger partial charge in [-0.3, -0.25) is 0 Å². The van der Waals surface area contributed by atoms with Crippen LogP contribution in [0.3, 0.4) is 0 Å². The molecule has 2 rings (SSSR count). The van der Waals surface area contributed by atoms with E-state index in [1.807, 2.05) is 19.1 Å². The van der Waals surface area contributed by atoms with Gasteiger partial charge in [-0.1, -0.05) is 25.5 Å². The van der Waals surface area contributed by atoms with Crippen molar-refractivity contribution in [3.8, 4) is 0 Å². The number of hydrogen-bond acceptors (Lipinski definition) is 2. The molecule has 0 amide bonds. The average molecular weight is 247 g/mol. The van der Waals surface area contributed by atoms with E-state index in [1.165, 1.54) is 0 Å². The Hall–Kier alpha value is -1.51. The van der Waals surface area contributed by atoms with E-state index in [2.05, 4.69) is 18.7 Å². The second kappa shape index (κ2) is 5.01. The highest BCUT2D eigenvalue weighted by Gasteiger charge is 2.29. The molecule has 1 aromatic carbocycles. The quantitative estimate of drug-likeness (QED) is 0.890. The van der Waals surface area contributed by atoms with E-state index >= 15 is 0 Å². The number of aryl methyl sites for hydroxylation is 1. The van der Waals surface area contributed by atoms with Crippen LogP contribution in [0.15, 0.2) is 18.2 Å². The maximum absolute atomic E-state index is 11.4. The summed E-state index contributed by atoms with van der Waals surface area (Å²) in [5, 5.41) is 9.35. The zero-order chi connectivity index (χ0) is 13.3. The van der Waals surface area contributed by atoms with Gasteiger partial charge in [0.25, 0.3) is 0 Å². The molecule has 0 radical (unpaired) electrons. The molecule has 0 saturated carbocycles. The predicted molar refractivity (Wildman–Crippen MR) is 73.3 cm³/mol. The number of aromatic carboxylic acids is 1. The monoisotopic (exact) mass is 247 g/mol. The van der Waals surface area contributed by atoms with Gasteiger partial charge in [-0.25, -0.2) is 4.79 Å². The number of hydrogen-bond donors (Lipinski definition) is 1. The Labute approximate surface area is 108 Å². The predicted octanol–water partition coefficient (Wildman–Crippen LogP) is 3.32. The third kappa shape index (κ3) is 2.35. The molecule has 0 bridgehead atoms.